The fourth-order valence-corrected chi connectivity index (χ4v) is 6.20. The normalized spacial score (nSPS) is 18.5. The smallest absolute Gasteiger partial charge is 0.251 e. The molecular formula is C28H26N6O. The second-order valence-electron chi connectivity index (χ2n) is 9.93. The molecule has 2 aliphatic carbocycles. The number of aromatic amines is 1. The first-order valence-corrected chi connectivity index (χ1v) is 12.2. The standard InChI is InChI=1S/C28H26N6O/c1-15-12-29-23(32-15)14-30-28(35)17-5-3-16(4-6-17)27-25-19-8-7-18(11-19)24(25)26-20-13-31-34(2)22(20)10-9-21(26)33-27/h3-6,9-10,12-13,18-19H,7-8,11,14H2,1-2H3,(H,29,32)(H,30,35). The molecule has 0 radical (unpaired) electrons. The zero-order valence-electron chi connectivity index (χ0n) is 19.8. The van der Waals surface area contributed by atoms with Crippen LogP contribution in [0.4, 0.5) is 0 Å². The van der Waals surface area contributed by atoms with Gasteiger partial charge in [-0.25, -0.2) is 9.97 Å². The van der Waals surface area contributed by atoms with Crippen LogP contribution in [0.15, 0.2) is 48.8 Å². The number of carbonyl (C=O) groups excluding carboxylic acids is 1. The summed E-state index contributed by atoms with van der Waals surface area (Å²) in [6, 6.07) is 12.1. The number of fused-ring (bicyclic) bond motifs is 9. The molecule has 174 valence electrons. The van der Waals surface area contributed by atoms with Gasteiger partial charge < -0.3 is 10.3 Å². The number of amides is 1. The maximum absolute atomic E-state index is 12.7. The quantitative estimate of drug-likeness (QED) is 0.388. The fourth-order valence-electron chi connectivity index (χ4n) is 6.20. The van der Waals surface area contributed by atoms with E-state index in [1.165, 1.54) is 41.2 Å². The number of carbonyl (C=O) groups is 1. The second-order valence-corrected chi connectivity index (χ2v) is 9.93. The first-order valence-electron chi connectivity index (χ1n) is 12.2. The van der Waals surface area contributed by atoms with Gasteiger partial charge in [-0.2, -0.15) is 5.10 Å². The Morgan fingerprint density at radius 1 is 1.09 bits per heavy atom. The molecule has 2 aromatic carbocycles. The average molecular weight is 463 g/mol. The van der Waals surface area contributed by atoms with Crippen molar-refractivity contribution >= 4 is 27.7 Å². The van der Waals surface area contributed by atoms with Crippen LogP contribution in [-0.4, -0.2) is 30.6 Å². The van der Waals surface area contributed by atoms with Crippen LogP contribution in [0.5, 0.6) is 0 Å². The Morgan fingerprint density at radius 3 is 2.66 bits per heavy atom. The molecule has 35 heavy (non-hydrogen) atoms. The van der Waals surface area contributed by atoms with Gasteiger partial charge in [0.15, 0.2) is 0 Å². The molecule has 7 nitrogen and oxygen atoms in total. The lowest BCUT2D eigenvalue weighted by Crippen LogP contribution is -2.23. The number of aryl methyl sites for hydroxylation is 2. The van der Waals surface area contributed by atoms with Crippen molar-refractivity contribution in [1.82, 2.24) is 30.0 Å². The Kier molecular flexibility index (Phi) is 4.37. The highest BCUT2D eigenvalue weighted by molar-refractivity contribution is 6.08. The van der Waals surface area contributed by atoms with Crippen molar-refractivity contribution in [1.29, 1.82) is 0 Å². The van der Waals surface area contributed by atoms with Crippen LogP contribution in [0.1, 0.15) is 64.1 Å². The van der Waals surface area contributed by atoms with Crippen molar-refractivity contribution in [2.24, 2.45) is 7.05 Å². The lowest BCUT2D eigenvalue weighted by molar-refractivity contribution is 0.0950. The Bertz CT molecular complexity index is 1630. The molecule has 2 atom stereocenters. The van der Waals surface area contributed by atoms with E-state index in [0.717, 1.165) is 33.8 Å². The Balaban J connectivity index is 1.27. The van der Waals surface area contributed by atoms with E-state index < -0.39 is 0 Å². The van der Waals surface area contributed by atoms with E-state index in [9.17, 15) is 4.79 Å². The van der Waals surface area contributed by atoms with E-state index in [2.05, 4.69) is 32.5 Å². The largest absolute Gasteiger partial charge is 0.345 e. The Hall–Kier alpha value is -4.00. The van der Waals surface area contributed by atoms with Gasteiger partial charge in [-0.05, 0) is 73.4 Å². The van der Waals surface area contributed by atoms with Crippen molar-refractivity contribution < 1.29 is 4.79 Å². The lowest BCUT2D eigenvalue weighted by atomic mass is 9.85. The molecular weight excluding hydrogens is 436 g/mol. The van der Waals surface area contributed by atoms with Crippen LogP contribution >= 0.6 is 0 Å². The molecule has 2 unspecified atom stereocenters. The van der Waals surface area contributed by atoms with Crippen molar-refractivity contribution in [2.75, 3.05) is 0 Å². The van der Waals surface area contributed by atoms with E-state index in [4.69, 9.17) is 4.98 Å². The Morgan fingerprint density at radius 2 is 1.89 bits per heavy atom. The van der Waals surface area contributed by atoms with Crippen LogP contribution in [-0.2, 0) is 13.6 Å². The summed E-state index contributed by atoms with van der Waals surface area (Å²) in [6.07, 6.45) is 7.45. The molecule has 1 saturated carbocycles. The SMILES string of the molecule is Cc1cnc(CNC(=O)c2ccc(-c3nc4ccc5c(cnn5C)c4c4c3C3CCC4C3)cc2)[nH]1. The van der Waals surface area contributed by atoms with Crippen molar-refractivity contribution in [3.63, 3.8) is 0 Å². The summed E-state index contributed by atoms with van der Waals surface area (Å²) in [4.78, 5) is 25.3. The molecule has 0 saturated heterocycles. The summed E-state index contributed by atoms with van der Waals surface area (Å²) in [7, 11) is 2.00. The number of imidazole rings is 1. The number of rotatable bonds is 4. The molecule has 7 rings (SSSR count). The highest BCUT2D eigenvalue weighted by Gasteiger charge is 2.41. The molecule has 3 aromatic heterocycles. The lowest BCUT2D eigenvalue weighted by Gasteiger charge is -2.21. The van der Waals surface area contributed by atoms with Gasteiger partial charge in [-0.3, -0.25) is 9.48 Å². The van der Waals surface area contributed by atoms with Crippen LogP contribution < -0.4 is 5.32 Å². The van der Waals surface area contributed by atoms with E-state index in [1.807, 2.05) is 49.1 Å². The summed E-state index contributed by atoms with van der Waals surface area (Å²) in [5.41, 5.74) is 8.83. The van der Waals surface area contributed by atoms with Crippen LogP contribution in [0.3, 0.4) is 0 Å². The van der Waals surface area contributed by atoms with Gasteiger partial charge in [0, 0.05) is 40.8 Å². The molecule has 1 amide bonds. The third-order valence-electron chi connectivity index (χ3n) is 7.80. The second kappa shape index (κ2) is 7.50. The number of H-pyrrole nitrogens is 1. The van der Waals surface area contributed by atoms with Gasteiger partial charge in [-0.15, -0.1) is 0 Å². The topological polar surface area (TPSA) is 88.5 Å². The first kappa shape index (κ1) is 20.4. The van der Waals surface area contributed by atoms with E-state index in [1.54, 1.807) is 6.20 Å². The minimum Gasteiger partial charge on any atom is -0.345 e. The van der Waals surface area contributed by atoms with E-state index in [-0.39, 0.29) is 5.91 Å². The zero-order valence-corrected chi connectivity index (χ0v) is 19.8. The van der Waals surface area contributed by atoms with Crippen molar-refractivity contribution in [3.8, 4) is 11.3 Å². The summed E-state index contributed by atoms with van der Waals surface area (Å²) in [5, 5.41) is 9.94. The molecule has 7 heteroatoms. The average Bonchev–Trinajstić information content (AvgIpc) is 3.67. The molecule has 2 aliphatic rings. The molecule has 2 bridgehead atoms. The van der Waals surface area contributed by atoms with Crippen LogP contribution in [0, 0.1) is 6.92 Å². The number of nitrogens with zero attached hydrogens (tertiary/aromatic N) is 4. The van der Waals surface area contributed by atoms with Crippen molar-refractivity contribution in [2.45, 2.75) is 44.6 Å². The predicted octanol–water partition coefficient (Wildman–Crippen LogP) is 5.11. The maximum atomic E-state index is 12.7. The minimum absolute atomic E-state index is 0.111. The number of benzene rings is 2. The van der Waals surface area contributed by atoms with Gasteiger partial charge in [0.2, 0.25) is 0 Å². The number of pyridine rings is 1. The number of nitrogens with one attached hydrogen (secondary N) is 2. The maximum Gasteiger partial charge on any atom is 0.251 e. The first-order chi connectivity index (χ1) is 17.1. The molecule has 2 N–H and O–H groups in total. The van der Waals surface area contributed by atoms with Gasteiger partial charge in [0.25, 0.3) is 5.91 Å². The van der Waals surface area contributed by atoms with Gasteiger partial charge >= 0.3 is 0 Å². The van der Waals surface area contributed by atoms with Crippen LogP contribution in [0.25, 0.3) is 33.1 Å². The summed E-state index contributed by atoms with van der Waals surface area (Å²) in [5.74, 6) is 1.80. The number of hydrogen-bond acceptors (Lipinski definition) is 4. The van der Waals surface area contributed by atoms with E-state index in [0.29, 0.717) is 23.9 Å². The molecule has 3 heterocycles. The number of hydrogen-bond donors (Lipinski definition) is 2. The molecule has 5 aromatic rings. The molecule has 1 fully saturated rings. The van der Waals surface area contributed by atoms with Gasteiger partial charge in [-0.1, -0.05) is 12.1 Å². The third kappa shape index (κ3) is 3.11. The fraction of sp³-hybridized carbons (Fsp3) is 0.286. The third-order valence-corrected chi connectivity index (χ3v) is 7.80. The monoisotopic (exact) mass is 462 g/mol. The number of aromatic nitrogens is 5. The highest BCUT2D eigenvalue weighted by atomic mass is 16.1. The zero-order chi connectivity index (χ0) is 23.7. The molecule has 0 spiro atoms. The Labute approximate surface area is 202 Å². The molecule has 0 aliphatic heterocycles. The van der Waals surface area contributed by atoms with Crippen molar-refractivity contribution in [3.05, 3.63) is 77.0 Å². The predicted molar refractivity (Wildman–Crippen MR) is 135 cm³/mol. The summed E-state index contributed by atoms with van der Waals surface area (Å²) in [6.45, 7) is 2.32. The summed E-state index contributed by atoms with van der Waals surface area (Å²) >= 11 is 0. The van der Waals surface area contributed by atoms with E-state index >= 15 is 0 Å². The minimum atomic E-state index is -0.111. The summed E-state index contributed by atoms with van der Waals surface area (Å²) < 4.78 is 1.94. The highest BCUT2D eigenvalue weighted by Crippen LogP contribution is 2.57. The van der Waals surface area contributed by atoms with Crippen LogP contribution in [0.2, 0.25) is 0 Å². The van der Waals surface area contributed by atoms with Gasteiger partial charge in [0.05, 0.1) is 29.5 Å². The van der Waals surface area contributed by atoms with Gasteiger partial charge in [0.1, 0.15) is 5.82 Å².